The molecule has 0 aromatic heterocycles. The van der Waals surface area contributed by atoms with Crippen LogP contribution in [0.5, 0.6) is 0 Å². The molecular weight excluding hydrogens is 150 g/mol. The average molecular weight is 169 g/mol. The van der Waals surface area contributed by atoms with Crippen molar-refractivity contribution in [1.82, 2.24) is 0 Å². The predicted molar refractivity (Wildman–Crippen MR) is 48.6 cm³/mol. The van der Waals surface area contributed by atoms with E-state index in [0.29, 0.717) is 5.92 Å². The molecule has 0 unspecified atom stereocenters. The molecule has 12 heavy (non-hydrogen) atoms. The van der Waals surface area contributed by atoms with Crippen LogP contribution in [0.4, 0.5) is 0 Å². The lowest BCUT2D eigenvalue weighted by Crippen LogP contribution is -2.46. The van der Waals surface area contributed by atoms with Crippen LogP contribution in [0.2, 0.25) is 0 Å². The topological polar surface area (TPSA) is 46.2 Å². The molecule has 70 valence electrons. The zero-order valence-corrected chi connectivity index (χ0v) is 8.17. The molecule has 2 nitrogen and oxygen atoms in total. The maximum Gasteiger partial charge on any atom is 0.0730 e. The largest absolute Gasteiger partial charge is 0.391 e. The Bertz CT molecular complexity index is 214. The van der Waals surface area contributed by atoms with Gasteiger partial charge < -0.3 is 10.8 Å². The zero-order valence-electron chi connectivity index (χ0n) is 8.17. The first kappa shape index (κ1) is 8.52. The van der Waals surface area contributed by atoms with Crippen molar-refractivity contribution in [1.29, 1.82) is 0 Å². The van der Waals surface area contributed by atoms with E-state index in [9.17, 15) is 5.11 Å². The van der Waals surface area contributed by atoms with E-state index >= 15 is 0 Å². The van der Waals surface area contributed by atoms with Gasteiger partial charge in [0.1, 0.15) is 0 Å². The molecule has 3 N–H and O–H groups in total. The van der Waals surface area contributed by atoms with Gasteiger partial charge in [0.25, 0.3) is 0 Å². The van der Waals surface area contributed by atoms with Gasteiger partial charge in [-0.2, -0.15) is 0 Å². The van der Waals surface area contributed by atoms with Gasteiger partial charge in [-0.05, 0) is 29.6 Å². The molecule has 0 saturated heterocycles. The molecule has 2 bridgehead atoms. The van der Waals surface area contributed by atoms with Crippen LogP contribution in [0.15, 0.2) is 0 Å². The molecular formula is C10H19NO. The summed E-state index contributed by atoms with van der Waals surface area (Å²) in [6, 6.07) is -0.00810. The first-order valence-corrected chi connectivity index (χ1v) is 4.85. The quantitative estimate of drug-likeness (QED) is 0.571. The van der Waals surface area contributed by atoms with Crippen molar-refractivity contribution in [2.75, 3.05) is 0 Å². The molecule has 0 aromatic rings. The smallest absolute Gasteiger partial charge is 0.0730 e. The second-order valence-corrected chi connectivity index (χ2v) is 5.30. The second-order valence-electron chi connectivity index (χ2n) is 5.30. The third kappa shape index (κ3) is 0.647. The highest BCUT2D eigenvalue weighted by Crippen LogP contribution is 2.64. The fourth-order valence-electron chi connectivity index (χ4n) is 3.38. The summed E-state index contributed by atoms with van der Waals surface area (Å²) in [7, 11) is 0. The third-order valence-corrected chi connectivity index (χ3v) is 4.89. The van der Waals surface area contributed by atoms with E-state index < -0.39 is 0 Å². The minimum atomic E-state index is -0.265. The minimum Gasteiger partial charge on any atom is -0.391 e. The first-order valence-electron chi connectivity index (χ1n) is 4.85. The minimum absolute atomic E-state index is 0.00810. The molecule has 0 heterocycles. The summed E-state index contributed by atoms with van der Waals surface area (Å²) in [6.45, 7) is 6.73. The van der Waals surface area contributed by atoms with Gasteiger partial charge in [-0.15, -0.1) is 0 Å². The van der Waals surface area contributed by atoms with E-state index in [1.807, 2.05) is 0 Å². The predicted octanol–water partition coefficient (Wildman–Crippen LogP) is 1.13. The van der Waals surface area contributed by atoms with Crippen molar-refractivity contribution in [3.8, 4) is 0 Å². The van der Waals surface area contributed by atoms with Gasteiger partial charge in [0.2, 0.25) is 0 Å². The van der Waals surface area contributed by atoms with E-state index in [2.05, 4.69) is 20.8 Å². The fraction of sp³-hybridized carbons (Fsp3) is 1.00. The lowest BCUT2D eigenvalue weighted by molar-refractivity contribution is 0.0758. The highest BCUT2D eigenvalue weighted by Gasteiger charge is 2.64. The van der Waals surface area contributed by atoms with Crippen LogP contribution in [-0.2, 0) is 0 Å². The van der Waals surface area contributed by atoms with Crippen molar-refractivity contribution in [2.24, 2.45) is 22.5 Å². The maximum absolute atomic E-state index is 9.86. The zero-order chi connectivity index (χ0) is 9.15. The van der Waals surface area contributed by atoms with Crippen LogP contribution in [0.3, 0.4) is 0 Å². The Hall–Kier alpha value is -0.0800. The van der Waals surface area contributed by atoms with Crippen LogP contribution >= 0.6 is 0 Å². The number of aliphatic hydroxyl groups is 1. The van der Waals surface area contributed by atoms with Crippen LogP contribution in [0, 0.1) is 16.7 Å². The Morgan fingerprint density at radius 3 is 2.17 bits per heavy atom. The SMILES string of the molecule is CC1(C)[C@@H]2CC[C@@]1(C)[C@@H](N)[C@H]2O. The van der Waals surface area contributed by atoms with Gasteiger partial charge in [-0.1, -0.05) is 20.8 Å². The molecule has 2 saturated carbocycles. The number of rotatable bonds is 0. The molecule has 4 atom stereocenters. The van der Waals surface area contributed by atoms with Gasteiger partial charge >= 0.3 is 0 Å². The highest BCUT2D eigenvalue weighted by molar-refractivity contribution is 5.16. The van der Waals surface area contributed by atoms with Crippen molar-refractivity contribution in [3.05, 3.63) is 0 Å². The average Bonchev–Trinajstić information content (AvgIpc) is 2.26. The lowest BCUT2D eigenvalue weighted by Gasteiger charge is -2.37. The number of aliphatic hydroxyl groups excluding tert-OH is 1. The van der Waals surface area contributed by atoms with E-state index in [-0.39, 0.29) is 23.0 Å². The first-order chi connectivity index (χ1) is 5.41. The Morgan fingerprint density at radius 2 is 1.92 bits per heavy atom. The van der Waals surface area contributed by atoms with E-state index in [1.165, 1.54) is 6.42 Å². The fourth-order valence-corrected chi connectivity index (χ4v) is 3.38. The summed E-state index contributed by atoms with van der Waals surface area (Å²) < 4.78 is 0. The van der Waals surface area contributed by atoms with Crippen LogP contribution in [0.1, 0.15) is 33.6 Å². The Balaban J connectivity index is 2.44. The molecule has 0 aliphatic heterocycles. The van der Waals surface area contributed by atoms with Crippen LogP contribution in [0.25, 0.3) is 0 Å². The molecule has 2 aliphatic rings. The Labute approximate surface area is 74.1 Å². The number of hydrogen-bond acceptors (Lipinski definition) is 2. The van der Waals surface area contributed by atoms with Crippen LogP contribution < -0.4 is 5.73 Å². The third-order valence-electron chi connectivity index (χ3n) is 4.89. The highest BCUT2D eigenvalue weighted by atomic mass is 16.3. The molecule has 2 aliphatic carbocycles. The summed E-state index contributed by atoms with van der Waals surface area (Å²) in [6.07, 6.45) is 2.07. The summed E-state index contributed by atoms with van der Waals surface area (Å²) in [5, 5.41) is 9.86. The monoisotopic (exact) mass is 169 g/mol. The normalized spacial score (nSPS) is 56.2. The summed E-state index contributed by atoms with van der Waals surface area (Å²) in [5.41, 5.74) is 6.42. The van der Waals surface area contributed by atoms with Crippen molar-refractivity contribution < 1.29 is 5.11 Å². The van der Waals surface area contributed by atoms with Gasteiger partial charge in [0, 0.05) is 6.04 Å². The van der Waals surface area contributed by atoms with Gasteiger partial charge in [-0.3, -0.25) is 0 Å². The summed E-state index contributed by atoms with van der Waals surface area (Å²) >= 11 is 0. The molecule has 2 rings (SSSR count). The van der Waals surface area contributed by atoms with Gasteiger partial charge in [0.05, 0.1) is 6.10 Å². The summed E-state index contributed by atoms with van der Waals surface area (Å²) in [4.78, 5) is 0. The van der Waals surface area contributed by atoms with E-state index in [0.717, 1.165) is 6.42 Å². The van der Waals surface area contributed by atoms with Gasteiger partial charge in [-0.25, -0.2) is 0 Å². The van der Waals surface area contributed by atoms with Crippen LogP contribution in [-0.4, -0.2) is 17.3 Å². The van der Waals surface area contributed by atoms with Crippen molar-refractivity contribution in [2.45, 2.75) is 45.8 Å². The Kier molecular flexibility index (Phi) is 1.45. The van der Waals surface area contributed by atoms with Gasteiger partial charge in [0.15, 0.2) is 0 Å². The number of nitrogens with two attached hydrogens (primary N) is 1. The molecule has 2 fully saturated rings. The van der Waals surface area contributed by atoms with E-state index in [4.69, 9.17) is 5.73 Å². The molecule has 0 amide bonds. The molecule has 0 radical (unpaired) electrons. The maximum atomic E-state index is 9.86. The molecule has 0 aromatic carbocycles. The standard InChI is InChI=1S/C10H19NO/c1-9(2)6-4-5-10(9,3)8(11)7(6)12/h6-8,12H,4-5,11H2,1-3H3/t6-,7+,8+,10+/m1/s1. The summed E-state index contributed by atoms with van der Waals surface area (Å²) in [5.74, 6) is 0.428. The number of hydrogen-bond donors (Lipinski definition) is 2. The Morgan fingerprint density at radius 1 is 1.33 bits per heavy atom. The number of fused-ring (bicyclic) bond motifs is 2. The van der Waals surface area contributed by atoms with Crippen molar-refractivity contribution >= 4 is 0 Å². The second kappa shape index (κ2) is 2.05. The van der Waals surface area contributed by atoms with Crippen molar-refractivity contribution in [3.63, 3.8) is 0 Å². The lowest BCUT2D eigenvalue weighted by atomic mass is 9.69. The van der Waals surface area contributed by atoms with E-state index in [1.54, 1.807) is 0 Å². The molecule has 2 heteroatoms. The molecule has 0 spiro atoms.